The van der Waals surface area contributed by atoms with E-state index in [1.54, 1.807) is 54.6 Å². The second kappa shape index (κ2) is 7.10. The maximum atomic E-state index is 13.6. The number of hydrogen-bond acceptors (Lipinski definition) is 3. The Morgan fingerprint density at radius 2 is 1.44 bits per heavy atom. The Labute approximate surface area is 159 Å². The van der Waals surface area contributed by atoms with Crippen LogP contribution in [0.3, 0.4) is 0 Å². The summed E-state index contributed by atoms with van der Waals surface area (Å²) in [5, 5.41) is 10.2. The molecule has 4 nitrogen and oxygen atoms in total. The first-order chi connectivity index (χ1) is 12.8. The van der Waals surface area contributed by atoms with Crippen LogP contribution in [0.2, 0.25) is 0 Å². The van der Waals surface area contributed by atoms with Gasteiger partial charge in [0.25, 0.3) is 0 Å². The van der Waals surface area contributed by atoms with Gasteiger partial charge in [-0.1, -0.05) is 74.5 Å². The van der Waals surface area contributed by atoms with Crippen LogP contribution in [0.5, 0.6) is 0 Å². The summed E-state index contributed by atoms with van der Waals surface area (Å²) in [4.78, 5) is 38.9. The fourth-order valence-electron chi connectivity index (χ4n) is 4.37. The molecule has 0 heterocycles. The summed E-state index contributed by atoms with van der Waals surface area (Å²) in [6.07, 6.45) is 0.351. The average molecular weight is 364 g/mol. The van der Waals surface area contributed by atoms with Gasteiger partial charge in [-0.15, -0.1) is 0 Å². The van der Waals surface area contributed by atoms with Gasteiger partial charge in [-0.25, -0.2) is 0 Å². The number of carbonyl (C=O) groups is 3. The molecule has 3 rings (SSSR count). The third-order valence-electron chi connectivity index (χ3n) is 5.45. The number of hydrogen-bond donors (Lipinski definition) is 1. The summed E-state index contributed by atoms with van der Waals surface area (Å²) in [6.45, 7) is 3.78. The number of carboxylic acids is 1. The fourth-order valence-corrected chi connectivity index (χ4v) is 4.37. The van der Waals surface area contributed by atoms with Gasteiger partial charge in [-0.2, -0.15) is 0 Å². The molecule has 0 amide bonds. The fraction of sp³-hybridized carbons (Fsp3) is 0.348. The molecule has 2 aromatic rings. The molecule has 0 saturated heterocycles. The lowest BCUT2D eigenvalue weighted by Crippen LogP contribution is -2.46. The molecule has 140 valence electrons. The van der Waals surface area contributed by atoms with E-state index in [1.807, 2.05) is 19.9 Å². The first-order valence-electron chi connectivity index (χ1n) is 9.14. The number of carbonyl (C=O) groups excluding carboxylic acids is 2. The van der Waals surface area contributed by atoms with Crippen LogP contribution in [-0.2, 0) is 19.8 Å². The van der Waals surface area contributed by atoms with Crippen molar-refractivity contribution < 1.29 is 19.5 Å². The molecule has 0 radical (unpaired) electrons. The van der Waals surface area contributed by atoms with Crippen LogP contribution in [0.15, 0.2) is 60.7 Å². The highest BCUT2D eigenvalue weighted by Crippen LogP contribution is 2.48. The molecular formula is C23H24O4. The maximum Gasteiger partial charge on any atom is 0.312 e. The zero-order chi connectivity index (χ0) is 19.7. The van der Waals surface area contributed by atoms with E-state index in [1.165, 1.54) is 0 Å². The molecule has 2 atom stereocenters. The second-order valence-corrected chi connectivity index (χ2v) is 8.18. The van der Waals surface area contributed by atoms with E-state index >= 15 is 0 Å². The summed E-state index contributed by atoms with van der Waals surface area (Å²) in [6, 6.07) is 17.7. The van der Waals surface area contributed by atoms with Gasteiger partial charge < -0.3 is 5.11 Å². The Kier molecular flexibility index (Phi) is 5.01. The molecule has 0 spiro atoms. The molecule has 2 aromatic carbocycles. The standard InChI is InChI=1S/C23H24O4/c1-22(2)13-18(24)14-23(19(25)15-22,17-11-7-4-8-12-17)20(21(26)27)16-9-5-3-6-10-16/h3-12,20H,13-15H2,1-2H3,(H,26,27). The van der Waals surface area contributed by atoms with Gasteiger partial charge in [-0.3, -0.25) is 14.4 Å². The lowest BCUT2D eigenvalue weighted by atomic mass is 9.62. The SMILES string of the molecule is CC1(C)CC(=O)CC(c2ccccc2)(C(C(=O)O)c2ccccc2)C(=O)C1. The monoisotopic (exact) mass is 364 g/mol. The van der Waals surface area contributed by atoms with E-state index in [-0.39, 0.29) is 30.8 Å². The van der Waals surface area contributed by atoms with Gasteiger partial charge in [0.1, 0.15) is 11.6 Å². The van der Waals surface area contributed by atoms with Gasteiger partial charge in [0.2, 0.25) is 0 Å². The molecule has 2 unspecified atom stereocenters. The highest BCUT2D eigenvalue weighted by atomic mass is 16.4. The van der Waals surface area contributed by atoms with Gasteiger partial charge in [0, 0.05) is 19.3 Å². The van der Waals surface area contributed by atoms with Crippen LogP contribution in [0.4, 0.5) is 0 Å². The third kappa shape index (κ3) is 3.57. The second-order valence-electron chi connectivity index (χ2n) is 8.18. The Bertz CT molecular complexity index is 854. The van der Waals surface area contributed by atoms with Crippen LogP contribution in [0, 0.1) is 5.41 Å². The topological polar surface area (TPSA) is 71.4 Å². The lowest BCUT2D eigenvalue weighted by molar-refractivity contribution is -0.145. The van der Waals surface area contributed by atoms with Crippen molar-refractivity contribution in [1.29, 1.82) is 0 Å². The van der Waals surface area contributed by atoms with Gasteiger partial charge in [0.05, 0.1) is 11.3 Å². The van der Waals surface area contributed by atoms with Gasteiger partial charge >= 0.3 is 5.97 Å². The smallest absolute Gasteiger partial charge is 0.312 e. The average Bonchev–Trinajstić information content (AvgIpc) is 2.69. The van der Waals surface area contributed by atoms with E-state index in [2.05, 4.69) is 0 Å². The van der Waals surface area contributed by atoms with Crippen LogP contribution in [0.1, 0.15) is 50.2 Å². The van der Waals surface area contributed by atoms with E-state index in [0.29, 0.717) is 11.1 Å². The number of aliphatic carboxylic acids is 1. The van der Waals surface area contributed by atoms with Crippen LogP contribution >= 0.6 is 0 Å². The minimum Gasteiger partial charge on any atom is -0.481 e. The first kappa shape index (κ1) is 19.0. The Hall–Kier alpha value is -2.75. The quantitative estimate of drug-likeness (QED) is 0.828. The Morgan fingerprint density at radius 3 is 2.00 bits per heavy atom. The van der Waals surface area contributed by atoms with E-state index < -0.39 is 22.7 Å². The predicted molar refractivity (Wildman–Crippen MR) is 103 cm³/mol. The van der Waals surface area contributed by atoms with Crippen molar-refractivity contribution in [1.82, 2.24) is 0 Å². The lowest BCUT2D eigenvalue weighted by Gasteiger charge is -2.37. The van der Waals surface area contributed by atoms with Gasteiger partial charge in [-0.05, 0) is 16.5 Å². The van der Waals surface area contributed by atoms with E-state index in [4.69, 9.17) is 0 Å². The molecular weight excluding hydrogens is 340 g/mol. The molecule has 0 aromatic heterocycles. The number of rotatable bonds is 4. The molecule has 1 N–H and O–H groups in total. The summed E-state index contributed by atoms with van der Waals surface area (Å²) < 4.78 is 0. The zero-order valence-corrected chi connectivity index (χ0v) is 15.6. The molecule has 27 heavy (non-hydrogen) atoms. The van der Waals surface area contributed by atoms with Crippen molar-refractivity contribution in [3.8, 4) is 0 Å². The van der Waals surface area contributed by atoms with Crippen molar-refractivity contribution in [2.45, 2.75) is 44.4 Å². The number of Topliss-reactive ketones (excluding diaryl/α,β-unsaturated/α-hetero) is 2. The van der Waals surface area contributed by atoms with E-state index in [9.17, 15) is 19.5 Å². The van der Waals surface area contributed by atoms with Crippen LogP contribution in [0.25, 0.3) is 0 Å². The number of benzene rings is 2. The van der Waals surface area contributed by atoms with Crippen molar-refractivity contribution in [3.05, 3.63) is 71.8 Å². The molecule has 0 bridgehead atoms. The Balaban J connectivity index is 2.29. The summed E-state index contributed by atoms with van der Waals surface area (Å²) in [7, 11) is 0. The van der Waals surface area contributed by atoms with Gasteiger partial charge in [0.15, 0.2) is 0 Å². The normalized spacial score (nSPS) is 23.5. The highest BCUT2D eigenvalue weighted by Gasteiger charge is 2.54. The van der Waals surface area contributed by atoms with E-state index in [0.717, 1.165) is 0 Å². The predicted octanol–water partition coefficient (Wildman–Crippen LogP) is 4.14. The number of carboxylic acid groups (broad SMARTS) is 1. The summed E-state index contributed by atoms with van der Waals surface area (Å²) >= 11 is 0. The highest BCUT2D eigenvalue weighted by molar-refractivity contribution is 6.03. The molecule has 1 aliphatic carbocycles. The van der Waals surface area contributed by atoms with Crippen LogP contribution < -0.4 is 0 Å². The minimum atomic E-state index is -1.40. The van der Waals surface area contributed by atoms with Crippen molar-refractivity contribution >= 4 is 17.5 Å². The molecule has 0 aliphatic heterocycles. The minimum absolute atomic E-state index is 0.0723. The third-order valence-corrected chi connectivity index (χ3v) is 5.45. The largest absolute Gasteiger partial charge is 0.481 e. The maximum absolute atomic E-state index is 13.6. The van der Waals surface area contributed by atoms with Crippen LogP contribution in [-0.4, -0.2) is 22.6 Å². The summed E-state index contributed by atoms with van der Waals surface area (Å²) in [5.41, 5.74) is -0.754. The summed E-state index contributed by atoms with van der Waals surface area (Å²) in [5.74, 6) is -2.46. The van der Waals surface area contributed by atoms with Crippen molar-refractivity contribution in [2.24, 2.45) is 5.41 Å². The van der Waals surface area contributed by atoms with Crippen molar-refractivity contribution in [3.63, 3.8) is 0 Å². The molecule has 1 fully saturated rings. The van der Waals surface area contributed by atoms with Crippen molar-refractivity contribution in [2.75, 3.05) is 0 Å². The number of ketones is 2. The molecule has 4 heteroatoms. The first-order valence-corrected chi connectivity index (χ1v) is 9.14. The molecule has 1 aliphatic rings. The molecule has 1 saturated carbocycles. The Morgan fingerprint density at radius 1 is 0.889 bits per heavy atom. The zero-order valence-electron chi connectivity index (χ0n) is 15.6.